The summed E-state index contributed by atoms with van der Waals surface area (Å²) in [5, 5.41) is 9.61. The number of rotatable bonds is 6. The molecule has 2 atom stereocenters. The molecule has 1 aliphatic carbocycles. The summed E-state index contributed by atoms with van der Waals surface area (Å²) in [6, 6.07) is 16.8. The minimum Gasteiger partial charge on any atom is -0.461 e. The Bertz CT molecular complexity index is 934. The molecule has 1 fully saturated rings. The van der Waals surface area contributed by atoms with Gasteiger partial charge in [-0.15, -0.1) is 0 Å². The van der Waals surface area contributed by atoms with Crippen molar-refractivity contribution in [2.24, 2.45) is 17.3 Å². The van der Waals surface area contributed by atoms with Crippen LogP contribution in [0.4, 0.5) is 0 Å². The molecule has 0 aliphatic heterocycles. The number of allylic oxidation sites excluding steroid dienone is 2. The summed E-state index contributed by atoms with van der Waals surface area (Å²) in [5.41, 5.74) is 2.13. The summed E-state index contributed by atoms with van der Waals surface area (Å²) in [5.74, 6) is 0.949. The smallest absolute Gasteiger partial charge is 0.310 e. The largest absolute Gasteiger partial charge is 0.461 e. The molecular weight excluding hydrogens is 350 g/mol. The predicted octanol–water partition coefficient (Wildman–Crippen LogP) is 5.63. The SMILES string of the molecule is CC(C)=CC1C(C(=O)OCc2cccc(Oc3ccccc3)c2C#N)C1(C)C. The molecule has 4 heteroatoms. The van der Waals surface area contributed by atoms with E-state index in [0.717, 1.165) is 0 Å². The van der Waals surface area contributed by atoms with Gasteiger partial charge in [0.05, 0.1) is 5.92 Å². The molecule has 0 saturated heterocycles. The van der Waals surface area contributed by atoms with Crippen LogP contribution >= 0.6 is 0 Å². The number of esters is 1. The standard InChI is InChI=1S/C24H25NO3/c1-16(2)13-20-22(24(20,3)4)23(26)27-15-17-9-8-12-21(19(17)14-25)28-18-10-6-5-7-11-18/h5-13,20,22H,15H2,1-4H3. The average Bonchev–Trinajstić information content (AvgIpc) is 3.19. The van der Waals surface area contributed by atoms with Crippen LogP contribution < -0.4 is 4.74 Å². The van der Waals surface area contributed by atoms with Crippen LogP contribution in [0.25, 0.3) is 0 Å². The fourth-order valence-electron chi connectivity index (χ4n) is 3.56. The van der Waals surface area contributed by atoms with Crippen molar-refractivity contribution in [2.75, 3.05) is 0 Å². The molecule has 144 valence electrons. The van der Waals surface area contributed by atoms with Gasteiger partial charge in [0.2, 0.25) is 0 Å². The Morgan fingerprint density at radius 3 is 2.50 bits per heavy atom. The quantitative estimate of drug-likeness (QED) is 0.485. The summed E-state index contributed by atoms with van der Waals surface area (Å²) < 4.78 is 11.4. The van der Waals surface area contributed by atoms with Crippen molar-refractivity contribution in [1.82, 2.24) is 0 Å². The van der Waals surface area contributed by atoms with Gasteiger partial charge in [-0.2, -0.15) is 5.26 Å². The molecule has 4 nitrogen and oxygen atoms in total. The highest BCUT2D eigenvalue weighted by atomic mass is 16.5. The summed E-state index contributed by atoms with van der Waals surface area (Å²) in [7, 11) is 0. The molecule has 0 spiro atoms. The lowest BCUT2D eigenvalue weighted by molar-refractivity contribution is -0.147. The van der Waals surface area contributed by atoms with Crippen molar-refractivity contribution in [3.8, 4) is 17.6 Å². The molecule has 2 aromatic carbocycles. The molecule has 3 rings (SSSR count). The number of hydrogen-bond donors (Lipinski definition) is 0. The Kier molecular flexibility index (Phi) is 5.56. The van der Waals surface area contributed by atoms with E-state index in [4.69, 9.17) is 9.47 Å². The van der Waals surface area contributed by atoms with E-state index < -0.39 is 0 Å². The van der Waals surface area contributed by atoms with Crippen molar-refractivity contribution in [3.63, 3.8) is 0 Å². The van der Waals surface area contributed by atoms with E-state index in [9.17, 15) is 10.1 Å². The van der Waals surface area contributed by atoms with Crippen LogP contribution in [0.3, 0.4) is 0 Å². The highest BCUT2D eigenvalue weighted by Crippen LogP contribution is 2.59. The number of nitriles is 1. The van der Waals surface area contributed by atoms with Crippen LogP contribution in [-0.4, -0.2) is 5.97 Å². The fraction of sp³-hybridized carbons (Fsp3) is 0.333. The van der Waals surface area contributed by atoms with Gasteiger partial charge >= 0.3 is 5.97 Å². The molecule has 2 aromatic rings. The number of ether oxygens (including phenoxy) is 2. The Labute approximate surface area is 166 Å². The molecule has 1 aliphatic rings. The Morgan fingerprint density at radius 1 is 1.14 bits per heavy atom. The highest BCUT2D eigenvalue weighted by molar-refractivity contribution is 5.78. The van der Waals surface area contributed by atoms with Crippen molar-refractivity contribution >= 4 is 5.97 Å². The van der Waals surface area contributed by atoms with Gasteiger partial charge in [0.1, 0.15) is 29.7 Å². The molecular formula is C24H25NO3. The normalized spacial score (nSPS) is 19.2. The van der Waals surface area contributed by atoms with Crippen LogP contribution in [-0.2, 0) is 16.1 Å². The maximum Gasteiger partial charge on any atom is 0.310 e. The minimum atomic E-state index is -0.217. The summed E-state index contributed by atoms with van der Waals surface area (Å²) >= 11 is 0. The molecule has 0 amide bonds. The van der Waals surface area contributed by atoms with Crippen LogP contribution in [0.5, 0.6) is 11.5 Å². The third-order valence-electron chi connectivity index (χ3n) is 5.24. The second-order valence-electron chi connectivity index (χ2n) is 7.99. The Morgan fingerprint density at radius 2 is 1.86 bits per heavy atom. The number of para-hydroxylation sites is 1. The highest BCUT2D eigenvalue weighted by Gasteiger charge is 2.61. The lowest BCUT2D eigenvalue weighted by atomic mass is 10.1. The first-order valence-corrected chi connectivity index (χ1v) is 9.41. The van der Waals surface area contributed by atoms with Crippen molar-refractivity contribution in [2.45, 2.75) is 34.3 Å². The molecule has 0 N–H and O–H groups in total. The van der Waals surface area contributed by atoms with Crippen LogP contribution in [0, 0.1) is 28.6 Å². The monoisotopic (exact) mass is 375 g/mol. The average molecular weight is 375 g/mol. The van der Waals surface area contributed by atoms with Gasteiger partial charge in [0.15, 0.2) is 0 Å². The molecule has 0 radical (unpaired) electrons. The van der Waals surface area contributed by atoms with Gasteiger partial charge in [-0.1, -0.05) is 55.8 Å². The number of carbonyl (C=O) groups excluding carboxylic acids is 1. The van der Waals surface area contributed by atoms with Crippen LogP contribution in [0.15, 0.2) is 60.2 Å². The lowest BCUT2D eigenvalue weighted by Crippen LogP contribution is -2.11. The van der Waals surface area contributed by atoms with Gasteiger partial charge in [0, 0.05) is 5.56 Å². The third kappa shape index (κ3) is 4.09. The number of carbonyl (C=O) groups is 1. The van der Waals surface area contributed by atoms with E-state index in [0.29, 0.717) is 22.6 Å². The topological polar surface area (TPSA) is 59.3 Å². The summed E-state index contributed by atoms with van der Waals surface area (Å²) in [4.78, 5) is 12.6. The zero-order chi connectivity index (χ0) is 20.3. The predicted molar refractivity (Wildman–Crippen MR) is 108 cm³/mol. The van der Waals surface area contributed by atoms with E-state index in [2.05, 4.69) is 26.0 Å². The minimum absolute atomic E-state index is 0.0574. The van der Waals surface area contributed by atoms with E-state index >= 15 is 0 Å². The molecule has 0 bridgehead atoms. The first-order valence-electron chi connectivity index (χ1n) is 9.41. The first-order chi connectivity index (χ1) is 13.3. The van der Waals surface area contributed by atoms with Crippen LogP contribution in [0.2, 0.25) is 0 Å². The number of hydrogen-bond acceptors (Lipinski definition) is 4. The van der Waals surface area contributed by atoms with Crippen molar-refractivity contribution < 1.29 is 14.3 Å². The number of nitrogens with zero attached hydrogens (tertiary/aromatic N) is 1. The second-order valence-corrected chi connectivity index (χ2v) is 7.99. The molecule has 1 saturated carbocycles. The number of benzene rings is 2. The maximum absolute atomic E-state index is 12.6. The van der Waals surface area contributed by atoms with Gasteiger partial charge in [-0.25, -0.2) is 0 Å². The Balaban J connectivity index is 1.71. The zero-order valence-corrected chi connectivity index (χ0v) is 16.7. The van der Waals surface area contributed by atoms with E-state index in [1.165, 1.54) is 5.57 Å². The fourth-order valence-corrected chi connectivity index (χ4v) is 3.56. The van der Waals surface area contributed by atoms with E-state index in [1.807, 2.05) is 44.2 Å². The van der Waals surface area contributed by atoms with Gasteiger partial charge in [0.25, 0.3) is 0 Å². The zero-order valence-electron chi connectivity index (χ0n) is 16.7. The van der Waals surface area contributed by atoms with Gasteiger partial charge in [-0.05, 0) is 43.4 Å². The molecule has 0 heterocycles. The van der Waals surface area contributed by atoms with Crippen LogP contribution in [0.1, 0.15) is 38.8 Å². The van der Waals surface area contributed by atoms with E-state index in [1.54, 1.807) is 18.2 Å². The van der Waals surface area contributed by atoms with Gasteiger partial charge in [-0.3, -0.25) is 4.79 Å². The van der Waals surface area contributed by atoms with Crippen molar-refractivity contribution in [3.05, 3.63) is 71.3 Å². The van der Waals surface area contributed by atoms with Gasteiger partial charge < -0.3 is 9.47 Å². The maximum atomic E-state index is 12.6. The molecule has 2 unspecified atom stereocenters. The van der Waals surface area contributed by atoms with Crippen molar-refractivity contribution in [1.29, 1.82) is 5.26 Å². The summed E-state index contributed by atoms with van der Waals surface area (Å²) in [6.45, 7) is 8.29. The Hall–Kier alpha value is -3.06. The third-order valence-corrected chi connectivity index (χ3v) is 5.24. The second kappa shape index (κ2) is 7.90. The summed E-state index contributed by atoms with van der Waals surface area (Å²) in [6.07, 6.45) is 2.14. The lowest BCUT2D eigenvalue weighted by Gasteiger charge is -2.11. The van der Waals surface area contributed by atoms with E-state index in [-0.39, 0.29) is 29.8 Å². The first kappa shape index (κ1) is 19.7. The molecule has 0 aromatic heterocycles. The molecule has 28 heavy (non-hydrogen) atoms.